The van der Waals surface area contributed by atoms with Crippen LogP contribution in [0.25, 0.3) is 11.1 Å². The maximum Gasteiger partial charge on any atom is 0.408 e. The van der Waals surface area contributed by atoms with E-state index in [1.165, 1.54) is 18.2 Å². The number of carbonyl (C=O) groups excluding carboxylic acids is 3. The van der Waals surface area contributed by atoms with Gasteiger partial charge in [0.2, 0.25) is 5.91 Å². The second kappa shape index (κ2) is 17.0. The zero-order valence-electron chi connectivity index (χ0n) is 27.4. The molecule has 0 saturated carbocycles. The van der Waals surface area contributed by atoms with E-state index in [1.807, 2.05) is 54.6 Å². The van der Waals surface area contributed by atoms with E-state index in [2.05, 4.69) is 10.6 Å². The van der Waals surface area contributed by atoms with E-state index >= 15 is 0 Å². The number of phenols is 1. The summed E-state index contributed by atoms with van der Waals surface area (Å²) in [5.41, 5.74) is 3.19. The number of carboxylic acid groups (broad SMARTS) is 1. The van der Waals surface area contributed by atoms with Crippen molar-refractivity contribution in [2.24, 2.45) is 0 Å². The average molecular weight is 715 g/mol. The number of aromatic carboxylic acids is 1. The van der Waals surface area contributed by atoms with Crippen LogP contribution in [0.15, 0.2) is 97.1 Å². The lowest BCUT2D eigenvalue weighted by Crippen LogP contribution is -2.48. The fourth-order valence-corrected chi connectivity index (χ4v) is 6.59. The number of hydrogen-bond donors (Lipinski definition) is 4. The first kappa shape index (κ1) is 36.9. The van der Waals surface area contributed by atoms with Crippen LogP contribution < -0.4 is 15.4 Å². The van der Waals surface area contributed by atoms with Gasteiger partial charge in [0.15, 0.2) is 0 Å². The molecule has 0 bridgehead atoms. The summed E-state index contributed by atoms with van der Waals surface area (Å²) in [5, 5.41) is 48.3. The Bertz CT molecular complexity index is 1860. The van der Waals surface area contributed by atoms with E-state index in [-0.39, 0.29) is 43.9 Å². The van der Waals surface area contributed by atoms with Crippen LogP contribution in [-0.2, 0) is 27.4 Å². The number of carboxylic acids is 1. The molecule has 1 saturated heterocycles. The first-order chi connectivity index (χ1) is 24.5. The SMILES string of the molecule is O=C(N[C@@H](Cc1ccc(C2CC(=O)[N+]([O-])([O-])S2)c(-c2ccccc2)c1)C(=O)NCCCCOc1cccc(O)c1C(=O)O)OCc1ccccc1. The summed E-state index contributed by atoms with van der Waals surface area (Å²) in [4.78, 5) is 50.0. The molecule has 0 aromatic heterocycles. The summed E-state index contributed by atoms with van der Waals surface area (Å²) < 4.78 is 8.69. The molecule has 4 N–H and O–H groups in total. The van der Waals surface area contributed by atoms with Gasteiger partial charge in [-0.15, -0.1) is 0 Å². The fourth-order valence-electron chi connectivity index (χ4n) is 5.53. The number of alkyl carbamates (subject to hydrolysis) is 1. The molecule has 5 rings (SSSR count). The molecule has 0 spiro atoms. The number of benzene rings is 4. The van der Waals surface area contributed by atoms with Crippen molar-refractivity contribution in [3.8, 4) is 22.6 Å². The van der Waals surface area contributed by atoms with Gasteiger partial charge in [-0.05, 0) is 52.8 Å². The zero-order chi connectivity index (χ0) is 36.4. The maximum absolute atomic E-state index is 13.5. The van der Waals surface area contributed by atoms with Crippen molar-refractivity contribution in [1.82, 2.24) is 10.6 Å². The zero-order valence-corrected chi connectivity index (χ0v) is 28.2. The van der Waals surface area contributed by atoms with Crippen molar-refractivity contribution < 1.29 is 43.1 Å². The Hall–Kier alpha value is -5.41. The molecule has 4 aromatic carbocycles. The van der Waals surface area contributed by atoms with Crippen molar-refractivity contribution in [1.29, 1.82) is 0 Å². The molecule has 1 aliphatic heterocycles. The summed E-state index contributed by atoms with van der Waals surface area (Å²) in [6, 6.07) is 26.7. The molecule has 14 heteroatoms. The van der Waals surface area contributed by atoms with Crippen LogP contribution in [0.1, 0.15) is 51.6 Å². The van der Waals surface area contributed by atoms with Gasteiger partial charge in [0.25, 0.3) is 0 Å². The number of hydroxylamine groups is 2. The minimum Gasteiger partial charge on any atom is -0.612 e. The van der Waals surface area contributed by atoms with E-state index < -0.39 is 45.1 Å². The van der Waals surface area contributed by atoms with E-state index in [0.29, 0.717) is 41.5 Å². The third-order valence-electron chi connectivity index (χ3n) is 8.09. The molecule has 51 heavy (non-hydrogen) atoms. The molecule has 13 nitrogen and oxygen atoms in total. The van der Waals surface area contributed by atoms with Gasteiger partial charge in [-0.25, -0.2) is 14.4 Å². The van der Waals surface area contributed by atoms with Gasteiger partial charge in [-0.1, -0.05) is 84.9 Å². The standard InChI is InChI=1S/C37H36N3O10S/c41-30-14-9-15-31(34(30)36(44)45)49-19-8-7-18-38-35(43)29(39-37(46)50-23-24-10-3-1-4-11-24)21-25-16-17-27(32-22-33(42)40(47,48)51-32)28(20-25)26-12-5-2-6-13-26/h1-6,9-17,20,29,32,41H,7-8,18-19,21-23H2,(H,38,43)(H,39,46)(H,44,45)/q-1/t29-,32?/m0/s1. The van der Waals surface area contributed by atoms with Crippen LogP contribution in [0.2, 0.25) is 0 Å². The van der Waals surface area contributed by atoms with Gasteiger partial charge < -0.3 is 40.7 Å². The Morgan fingerprint density at radius 1 is 0.922 bits per heavy atom. The van der Waals surface area contributed by atoms with Gasteiger partial charge in [-0.2, -0.15) is 0 Å². The average Bonchev–Trinajstić information content (AvgIpc) is 3.40. The Kier molecular flexibility index (Phi) is 12.3. The third-order valence-corrected chi connectivity index (χ3v) is 9.24. The van der Waals surface area contributed by atoms with Gasteiger partial charge in [0.1, 0.15) is 29.7 Å². The summed E-state index contributed by atoms with van der Waals surface area (Å²) in [7, 11) is 0. The van der Waals surface area contributed by atoms with E-state index in [9.17, 15) is 39.8 Å². The van der Waals surface area contributed by atoms with Gasteiger partial charge in [-0.3, -0.25) is 9.01 Å². The van der Waals surface area contributed by atoms with E-state index in [0.717, 1.165) is 11.1 Å². The molecule has 1 aliphatic rings. The predicted molar refractivity (Wildman–Crippen MR) is 189 cm³/mol. The number of aromatic hydroxyl groups is 1. The van der Waals surface area contributed by atoms with Crippen LogP contribution in [0.3, 0.4) is 0 Å². The van der Waals surface area contributed by atoms with Crippen molar-refractivity contribution >= 4 is 35.8 Å². The Morgan fingerprint density at radius 3 is 2.33 bits per heavy atom. The topological polar surface area (TPSA) is 197 Å². The molecule has 4 aromatic rings. The van der Waals surface area contributed by atoms with Crippen LogP contribution in [0.5, 0.6) is 11.5 Å². The normalized spacial score (nSPS) is 15.5. The lowest BCUT2D eigenvalue weighted by Gasteiger charge is -2.36. The smallest absolute Gasteiger partial charge is 0.408 e. The van der Waals surface area contributed by atoms with Gasteiger partial charge in [0.05, 0.1) is 30.2 Å². The van der Waals surface area contributed by atoms with Crippen LogP contribution in [0, 0.1) is 10.4 Å². The van der Waals surface area contributed by atoms with Crippen LogP contribution in [0.4, 0.5) is 4.79 Å². The second-order valence-electron chi connectivity index (χ2n) is 11.7. The molecule has 0 aliphatic carbocycles. The van der Waals surface area contributed by atoms with Crippen molar-refractivity contribution in [2.45, 2.75) is 43.6 Å². The van der Waals surface area contributed by atoms with E-state index in [1.54, 1.807) is 24.3 Å². The second-order valence-corrected chi connectivity index (χ2v) is 13.0. The molecule has 1 unspecified atom stereocenters. The number of ether oxygens (including phenoxy) is 2. The summed E-state index contributed by atoms with van der Waals surface area (Å²) in [5.74, 6) is -3.13. The number of rotatable bonds is 15. The van der Waals surface area contributed by atoms with Gasteiger partial charge in [0, 0.05) is 13.0 Å². The molecular weight excluding hydrogens is 678 g/mol. The predicted octanol–water partition coefficient (Wildman–Crippen LogP) is 6.00. The highest BCUT2D eigenvalue weighted by Gasteiger charge is 2.39. The molecule has 0 radical (unpaired) electrons. The molecule has 3 amide bonds. The fraction of sp³-hybridized carbons (Fsp3) is 0.243. The van der Waals surface area contributed by atoms with E-state index in [4.69, 9.17) is 9.47 Å². The minimum absolute atomic E-state index is 0.00610. The molecule has 1 heterocycles. The van der Waals surface area contributed by atoms with Crippen molar-refractivity contribution in [3.05, 3.63) is 130 Å². The highest BCUT2D eigenvalue weighted by Crippen LogP contribution is 2.48. The first-order valence-electron chi connectivity index (χ1n) is 16.2. The van der Waals surface area contributed by atoms with Crippen molar-refractivity contribution in [3.63, 3.8) is 0 Å². The Morgan fingerprint density at radius 2 is 1.65 bits per heavy atom. The molecule has 2 atom stereocenters. The first-order valence-corrected chi connectivity index (χ1v) is 17.0. The molecule has 266 valence electrons. The lowest BCUT2D eigenvalue weighted by atomic mass is 9.92. The quantitative estimate of drug-likeness (QED) is 0.0488. The summed E-state index contributed by atoms with van der Waals surface area (Å²) >= 11 is 0.483. The number of hydrogen-bond acceptors (Lipinski definition) is 10. The van der Waals surface area contributed by atoms with Crippen LogP contribution >= 0.6 is 11.9 Å². The Balaban J connectivity index is 1.27. The number of nitrogens with one attached hydrogen (secondary N) is 2. The van der Waals surface area contributed by atoms with Crippen molar-refractivity contribution in [2.75, 3.05) is 13.2 Å². The number of amides is 3. The summed E-state index contributed by atoms with van der Waals surface area (Å²) in [6.45, 7) is 0.343. The maximum atomic E-state index is 13.5. The van der Waals surface area contributed by atoms with Gasteiger partial charge >= 0.3 is 18.0 Å². The minimum atomic E-state index is -2.26. The Labute approximate surface area is 298 Å². The lowest BCUT2D eigenvalue weighted by molar-refractivity contribution is -0.593. The summed E-state index contributed by atoms with van der Waals surface area (Å²) in [6.07, 6.45) is -0.0419. The highest BCUT2D eigenvalue weighted by atomic mass is 32.2. The number of carbonyl (C=O) groups is 4. The largest absolute Gasteiger partial charge is 0.612 e. The van der Waals surface area contributed by atoms with Crippen LogP contribution in [-0.4, -0.2) is 57.5 Å². The monoisotopic (exact) mass is 714 g/mol. The molecule has 1 fully saturated rings. The number of unbranched alkanes of at least 4 members (excludes halogenated alkanes) is 1. The highest BCUT2D eigenvalue weighted by molar-refractivity contribution is 7.94. The number of nitrogens with zero attached hydrogens (tertiary/aromatic N) is 1. The molecular formula is C37H36N3O10S-. The number of quaternary nitrogens is 1. The third kappa shape index (κ3) is 9.86.